The molecule has 96 valence electrons. The number of hydrogen-bond acceptors (Lipinski definition) is 4. The second kappa shape index (κ2) is 5.14. The Morgan fingerprint density at radius 2 is 2.06 bits per heavy atom. The van der Waals surface area contributed by atoms with Gasteiger partial charge in [-0.25, -0.2) is 0 Å². The molecule has 0 saturated carbocycles. The maximum atomic E-state index is 11.8. The highest BCUT2D eigenvalue weighted by molar-refractivity contribution is 5.94. The summed E-state index contributed by atoms with van der Waals surface area (Å²) in [6, 6.07) is 7.33. The van der Waals surface area contributed by atoms with Crippen molar-refractivity contribution in [3.05, 3.63) is 39.9 Å². The molecule has 2 unspecified atom stereocenters. The fourth-order valence-electron chi connectivity index (χ4n) is 1.83. The number of anilines is 1. The van der Waals surface area contributed by atoms with Crippen LogP contribution < -0.4 is 5.32 Å². The van der Waals surface area contributed by atoms with Crippen molar-refractivity contribution in [2.24, 2.45) is 0 Å². The Morgan fingerprint density at radius 3 is 2.61 bits per heavy atom. The van der Waals surface area contributed by atoms with Crippen molar-refractivity contribution < 1.29 is 14.5 Å². The molecule has 1 saturated heterocycles. The molecule has 18 heavy (non-hydrogen) atoms. The summed E-state index contributed by atoms with van der Waals surface area (Å²) in [6.07, 6.45) is -1.14. The van der Waals surface area contributed by atoms with Gasteiger partial charge in [0, 0.05) is 12.1 Å². The van der Waals surface area contributed by atoms with Gasteiger partial charge in [-0.05, 0) is 25.5 Å². The fourth-order valence-corrected chi connectivity index (χ4v) is 1.83. The van der Waals surface area contributed by atoms with E-state index in [2.05, 4.69) is 5.32 Å². The van der Waals surface area contributed by atoms with Crippen LogP contribution in [0.5, 0.6) is 0 Å². The molecule has 0 spiro atoms. The maximum absolute atomic E-state index is 11.8. The molecule has 0 aliphatic carbocycles. The molecule has 0 bridgehead atoms. The first-order valence-electron chi connectivity index (χ1n) is 5.73. The SMILES string of the molecule is Cc1ccc(NC(=O)C2CCC([N+](=O)[O-])O2)cc1. The number of nitrogens with zero attached hydrogens (tertiary/aromatic N) is 1. The van der Waals surface area contributed by atoms with Crippen LogP contribution in [0.25, 0.3) is 0 Å². The van der Waals surface area contributed by atoms with Gasteiger partial charge in [0.1, 0.15) is 6.10 Å². The number of hydrogen-bond donors (Lipinski definition) is 1. The number of nitro groups is 1. The van der Waals surface area contributed by atoms with Crippen molar-refractivity contribution in [3.63, 3.8) is 0 Å². The van der Waals surface area contributed by atoms with Crippen LogP contribution >= 0.6 is 0 Å². The average molecular weight is 250 g/mol. The number of carbonyl (C=O) groups is 1. The van der Waals surface area contributed by atoms with Crippen LogP contribution in [0.2, 0.25) is 0 Å². The van der Waals surface area contributed by atoms with Crippen molar-refractivity contribution >= 4 is 11.6 Å². The van der Waals surface area contributed by atoms with E-state index in [4.69, 9.17) is 4.74 Å². The van der Waals surface area contributed by atoms with Gasteiger partial charge in [0.25, 0.3) is 5.91 Å². The van der Waals surface area contributed by atoms with Gasteiger partial charge in [-0.2, -0.15) is 0 Å². The second-order valence-electron chi connectivity index (χ2n) is 4.30. The number of amides is 1. The largest absolute Gasteiger partial charge is 0.324 e. The lowest BCUT2D eigenvalue weighted by Gasteiger charge is -2.10. The average Bonchev–Trinajstić information content (AvgIpc) is 2.81. The molecule has 1 heterocycles. The van der Waals surface area contributed by atoms with Gasteiger partial charge >= 0.3 is 6.23 Å². The minimum absolute atomic E-state index is 0.277. The summed E-state index contributed by atoms with van der Waals surface area (Å²) in [5.74, 6) is -0.330. The summed E-state index contributed by atoms with van der Waals surface area (Å²) in [7, 11) is 0. The molecule has 2 rings (SSSR count). The number of nitrogens with one attached hydrogen (secondary N) is 1. The van der Waals surface area contributed by atoms with E-state index in [-0.39, 0.29) is 12.3 Å². The highest BCUT2D eigenvalue weighted by atomic mass is 16.7. The number of ether oxygens (including phenoxy) is 1. The minimum Gasteiger partial charge on any atom is -0.324 e. The molecular formula is C12H14N2O4. The molecule has 1 aromatic carbocycles. The molecule has 1 aliphatic heterocycles. The highest BCUT2D eigenvalue weighted by Gasteiger charge is 2.37. The van der Waals surface area contributed by atoms with E-state index in [1.54, 1.807) is 12.1 Å². The van der Waals surface area contributed by atoms with Crippen molar-refractivity contribution in [1.82, 2.24) is 0 Å². The van der Waals surface area contributed by atoms with E-state index in [1.807, 2.05) is 19.1 Å². The lowest BCUT2D eigenvalue weighted by Crippen LogP contribution is -2.29. The van der Waals surface area contributed by atoms with E-state index >= 15 is 0 Å². The Balaban J connectivity index is 1.93. The summed E-state index contributed by atoms with van der Waals surface area (Å²) in [5, 5.41) is 13.2. The third-order valence-corrected chi connectivity index (χ3v) is 2.84. The third-order valence-electron chi connectivity index (χ3n) is 2.84. The lowest BCUT2D eigenvalue weighted by atomic mass is 10.2. The zero-order chi connectivity index (χ0) is 13.1. The van der Waals surface area contributed by atoms with E-state index in [0.717, 1.165) is 5.56 Å². The molecule has 1 fully saturated rings. The monoisotopic (exact) mass is 250 g/mol. The van der Waals surface area contributed by atoms with Crippen molar-refractivity contribution in [3.8, 4) is 0 Å². The maximum Gasteiger partial charge on any atom is 0.316 e. The molecule has 1 aromatic rings. The molecule has 1 aliphatic rings. The van der Waals surface area contributed by atoms with E-state index in [1.165, 1.54) is 0 Å². The Labute approximate surface area is 104 Å². The van der Waals surface area contributed by atoms with Crippen molar-refractivity contribution in [2.45, 2.75) is 32.1 Å². The first kappa shape index (κ1) is 12.5. The number of carbonyl (C=O) groups excluding carboxylic acids is 1. The van der Waals surface area contributed by atoms with E-state index in [9.17, 15) is 14.9 Å². The van der Waals surface area contributed by atoms with Crippen LogP contribution in [0.1, 0.15) is 18.4 Å². The Hall–Kier alpha value is -1.95. The Morgan fingerprint density at radius 1 is 1.39 bits per heavy atom. The summed E-state index contributed by atoms with van der Waals surface area (Å²) in [4.78, 5) is 21.8. The number of rotatable bonds is 3. The molecule has 1 amide bonds. The Kier molecular flexibility index (Phi) is 3.57. The number of benzene rings is 1. The van der Waals surface area contributed by atoms with Gasteiger partial charge in [-0.1, -0.05) is 17.7 Å². The van der Waals surface area contributed by atoms with E-state index in [0.29, 0.717) is 12.1 Å². The molecule has 0 radical (unpaired) electrons. The molecule has 2 atom stereocenters. The standard InChI is InChI=1S/C12H14N2O4/c1-8-2-4-9(5-3-8)13-12(15)10-6-7-11(18-10)14(16)17/h2-5,10-11H,6-7H2,1H3,(H,13,15). The van der Waals surface area contributed by atoms with Crippen molar-refractivity contribution in [2.75, 3.05) is 5.32 Å². The first-order chi connectivity index (χ1) is 8.56. The van der Waals surface area contributed by atoms with Crippen LogP contribution in [0.4, 0.5) is 5.69 Å². The molecule has 6 heteroatoms. The van der Waals surface area contributed by atoms with Gasteiger partial charge in [-0.15, -0.1) is 0 Å². The first-order valence-corrected chi connectivity index (χ1v) is 5.73. The van der Waals surface area contributed by atoms with Gasteiger partial charge in [0.2, 0.25) is 0 Å². The highest BCUT2D eigenvalue weighted by Crippen LogP contribution is 2.21. The predicted octanol–water partition coefficient (Wildman–Crippen LogP) is 1.72. The quantitative estimate of drug-likeness (QED) is 0.654. The van der Waals surface area contributed by atoms with Gasteiger partial charge in [-0.3, -0.25) is 14.9 Å². The summed E-state index contributed by atoms with van der Waals surface area (Å²) in [5.41, 5.74) is 1.76. The normalized spacial score (nSPS) is 22.7. The summed E-state index contributed by atoms with van der Waals surface area (Å²) in [6.45, 7) is 1.95. The van der Waals surface area contributed by atoms with Gasteiger partial charge in [0.15, 0.2) is 0 Å². The smallest absolute Gasteiger partial charge is 0.316 e. The second-order valence-corrected chi connectivity index (χ2v) is 4.30. The molecular weight excluding hydrogens is 236 g/mol. The molecule has 6 nitrogen and oxygen atoms in total. The minimum atomic E-state index is -1.06. The molecule has 0 aromatic heterocycles. The van der Waals surface area contributed by atoms with Crippen molar-refractivity contribution in [1.29, 1.82) is 0 Å². The topological polar surface area (TPSA) is 81.5 Å². The fraction of sp³-hybridized carbons (Fsp3) is 0.417. The van der Waals surface area contributed by atoms with Crippen LogP contribution in [0.15, 0.2) is 24.3 Å². The van der Waals surface area contributed by atoms with Crippen LogP contribution in [0, 0.1) is 17.0 Å². The lowest BCUT2D eigenvalue weighted by molar-refractivity contribution is -0.570. The van der Waals surface area contributed by atoms with Gasteiger partial charge in [0.05, 0.1) is 4.92 Å². The van der Waals surface area contributed by atoms with Crippen LogP contribution in [0.3, 0.4) is 0 Å². The zero-order valence-corrected chi connectivity index (χ0v) is 9.96. The Bertz CT molecular complexity index is 458. The van der Waals surface area contributed by atoms with E-state index < -0.39 is 17.3 Å². The molecule has 1 N–H and O–H groups in total. The summed E-state index contributed by atoms with van der Waals surface area (Å²) >= 11 is 0. The zero-order valence-electron chi connectivity index (χ0n) is 9.96. The number of aryl methyl sites for hydroxylation is 1. The van der Waals surface area contributed by atoms with Crippen LogP contribution in [-0.2, 0) is 9.53 Å². The van der Waals surface area contributed by atoms with Gasteiger partial charge < -0.3 is 10.1 Å². The van der Waals surface area contributed by atoms with Crippen LogP contribution in [-0.4, -0.2) is 23.2 Å². The third kappa shape index (κ3) is 2.84. The summed E-state index contributed by atoms with van der Waals surface area (Å²) < 4.78 is 5.07. The predicted molar refractivity (Wildman–Crippen MR) is 64.7 cm³/mol.